The number of hydrogen-bond donors (Lipinski definition) is 3. The molecule has 4 heteroatoms. The third-order valence-electron chi connectivity index (χ3n) is 3.27. The molecule has 0 aromatic heterocycles. The number of nitrogens with two attached hydrogens (primary N) is 1. The molecule has 0 spiro atoms. The van der Waals surface area contributed by atoms with E-state index in [1.54, 1.807) is 30.3 Å². The standard InChI is InChI=1S/C17H14N2O2/c18-16-9-12-5-2-1-4-11(12)8-15(16)17(21)19-13-6-3-7-14(20)10-13/h1-10,20H,18H2,(H,19,21). The first-order valence-electron chi connectivity index (χ1n) is 6.52. The van der Waals surface area contributed by atoms with Gasteiger partial charge in [0.1, 0.15) is 5.75 Å². The van der Waals surface area contributed by atoms with E-state index >= 15 is 0 Å². The van der Waals surface area contributed by atoms with Gasteiger partial charge in [-0.2, -0.15) is 0 Å². The number of hydrogen-bond acceptors (Lipinski definition) is 3. The van der Waals surface area contributed by atoms with E-state index in [2.05, 4.69) is 5.32 Å². The number of carbonyl (C=O) groups is 1. The Morgan fingerprint density at radius 1 is 0.952 bits per heavy atom. The van der Waals surface area contributed by atoms with Gasteiger partial charge in [-0.3, -0.25) is 4.79 Å². The monoisotopic (exact) mass is 278 g/mol. The molecule has 0 atom stereocenters. The Morgan fingerprint density at radius 2 is 1.67 bits per heavy atom. The number of amides is 1. The highest BCUT2D eigenvalue weighted by Gasteiger charge is 2.11. The summed E-state index contributed by atoms with van der Waals surface area (Å²) in [6, 6.07) is 17.7. The van der Waals surface area contributed by atoms with Gasteiger partial charge in [-0.1, -0.05) is 30.3 Å². The summed E-state index contributed by atoms with van der Waals surface area (Å²) >= 11 is 0. The van der Waals surface area contributed by atoms with E-state index in [0.717, 1.165) is 10.8 Å². The number of anilines is 2. The van der Waals surface area contributed by atoms with E-state index in [9.17, 15) is 9.90 Å². The van der Waals surface area contributed by atoms with Crippen LogP contribution in [-0.4, -0.2) is 11.0 Å². The lowest BCUT2D eigenvalue weighted by atomic mass is 10.0. The normalized spacial score (nSPS) is 10.5. The van der Waals surface area contributed by atoms with Crippen LogP contribution < -0.4 is 11.1 Å². The maximum atomic E-state index is 12.3. The van der Waals surface area contributed by atoms with Crippen molar-refractivity contribution in [2.24, 2.45) is 0 Å². The third-order valence-corrected chi connectivity index (χ3v) is 3.27. The van der Waals surface area contributed by atoms with Crippen LogP contribution in [0.25, 0.3) is 10.8 Å². The van der Waals surface area contributed by atoms with Gasteiger partial charge in [0.05, 0.1) is 5.56 Å². The summed E-state index contributed by atoms with van der Waals surface area (Å²) in [5, 5.41) is 14.1. The first-order valence-corrected chi connectivity index (χ1v) is 6.52. The molecule has 0 bridgehead atoms. The summed E-state index contributed by atoms with van der Waals surface area (Å²) in [4.78, 5) is 12.3. The van der Waals surface area contributed by atoms with Gasteiger partial charge in [0.25, 0.3) is 5.91 Å². The average Bonchev–Trinajstić information content (AvgIpc) is 2.46. The predicted octanol–water partition coefficient (Wildman–Crippen LogP) is 3.38. The number of phenolic OH excluding ortho intramolecular Hbond substituents is 1. The van der Waals surface area contributed by atoms with Crippen LogP contribution in [0.5, 0.6) is 5.75 Å². The van der Waals surface area contributed by atoms with Crippen molar-refractivity contribution in [2.45, 2.75) is 0 Å². The zero-order valence-electron chi connectivity index (χ0n) is 11.2. The van der Waals surface area contributed by atoms with Crippen LogP contribution >= 0.6 is 0 Å². The summed E-state index contributed by atoms with van der Waals surface area (Å²) in [5.74, 6) is -0.205. The van der Waals surface area contributed by atoms with E-state index in [4.69, 9.17) is 5.73 Å². The molecule has 3 aromatic rings. The number of fused-ring (bicyclic) bond motifs is 1. The first kappa shape index (κ1) is 13.0. The minimum absolute atomic E-state index is 0.0966. The van der Waals surface area contributed by atoms with Crippen molar-refractivity contribution in [2.75, 3.05) is 11.1 Å². The fourth-order valence-electron chi connectivity index (χ4n) is 2.24. The van der Waals surface area contributed by atoms with Crippen molar-refractivity contribution in [1.29, 1.82) is 0 Å². The molecule has 104 valence electrons. The minimum atomic E-state index is -0.302. The van der Waals surface area contributed by atoms with Crippen LogP contribution in [0.15, 0.2) is 60.7 Å². The topological polar surface area (TPSA) is 75.4 Å². The highest BCUT2D eigenvalue weighted by Crippen LogP contribution is 2.23. The Hall–Kier alpha value is -3.01. The van der Waals surface area contributed by atoms with Gasteiger partial charge in [-0.25, -0.2) is 0 Å². The van der Waals surface area contributed by atoms with E-state index in [1.165, 1.54) is 6.07 Å². The number of nitrogens with one attached hydrogen (secondary N) is 1. The van der Waals surface area contributed by atoms with Gasteiger partial charge < -0.3 is 16.2 Å². The highest BCUT2D eigenvalue weighted by molar-refractivity contribution is 6.10. The van der Waals surface area contributed by atoms with Crippen LogP contribution in [0, 0.1) is 0 Å². The molecule has 0 aliphatic heterocycles. The maximum absolute atomic E-state index is 12.3. The summed E-state index contributed by atoms with van der Waals surface area (Å²) in [7, 11) is 0. The number of phenols is 1. The number of aromatic hydroxyl groups is 1. The van der Waals surface area contributed by atoms with Gasteiger partial charge in [0.15, 0.2) is 0 Å². The second-order valence-electron chi connectivity index (χ2n) is 4.79. The Bertz CT molecular complexity index is 828. The Morgan fingerprint density at radius 3 is 2.38 bits per heavy atom. The molecule has 0 saturated carbocycles. The van der Waals surface area contributed by atoms with Crippen molar-refractivity contribution < 1.29 is 9.90 Å². The van der Waals surface area contributed by atoms with Gasteiger partial charge >= 0.3 is 0 Å². The van der Waals surface area contributed by atoms with Crippen LogP contribution in [0.2, 0.25) is 0 Å². The average molecular weight is 278 g/mol. The third kappa shape index (κ3) is 2.65. The van der Waals surface area contributed by atoms with Crippen molar-refractivity contribution in [3.05, 3.63) is 66.2 Å². The summed E-state index contributed by atoms with van der Waals surface area (Å²) < 4.78 is 0. The van der Waals surface area contributed by atoms with Gasteiger partial charge in [0.2, 0.25) is 0 Å². The molecule has 0 aliphatic carbocycles. The molecule has 3 rings (SSSR count). The fraction of sp³-hybridized carbons (Fsp3) is 0. The smallest absolute Gasteiger partial charge is 0.257 e. The second-order valence-corrected chi connectivity index (χ2v) is 4.79. The van der Waals surface area contributed by atoms with Crippen LogP contribution in [0.1, 0.15) is 10.4 Å². The van der Waals surface area contributed by atoms with Gasteiger partial charge in [-0.05, 0) is 35.0 Å². The van der Waals surface area contributed by atoms with E-state index in [1.807, 2.05) is 24.3 Å². The largest absolute Gasteiger partial charge is 0.508 e. The highest BCUT2D eigenvalue weighted by atomic mass is 16.3. The van der Waals surface area contributed by atoms with Crippen LogP contribution in [0.4, 0.5) is 11.4 Å². The molecule has 3 aromatic carbocycles. The Labute approximate surface area is 121 Å². The Kier molecular flexibility index (Phi) is 3.20. The lowest BCUT2D eigenvalue weighted by molar-refractivity contribution is 0.102. The van der Waals surface area contributed by atoms with Crippen LogP contribution in [0.3, 0.4) is 0 Å². The number of rotatable bonds is 2. The number of benzene rings is 3. The predicted molar refractivity (Wildman–Crippen MR) is 84.4 cm³/mol. The molecule has 0 unspecified atom stereocenters. The SMILES string of the molecule is Nc1cc2ccccc2cc1C(=O)Nc1cccc(O)c1. The molecule has 0 fully saturated rings. The van der Waals surface area contributed by atoms with Crippen molar-refractivity contribution in [3.8, 4) is 5.75 Å². The molecule has 0 heterocycles. The molecular formula is C17H14N2O2. The summed E-state index contributed by atoms with van der Waals surface area (Å²) in [6.45, 7) is 0. The van der Waals surface area contributed by atoms with Crippen LogP contribution in [-0.2, 0) is 0 Å². The van der Waals surface area contributed by atoms with E-state index in [0.29, 0.717) is 16.9 Å². The molecule has 4 N–H and O–H groups in total. The van der Waals surface area contributed by atoms with E-state index < -0.39 is 0 Å². The first-order chi connectivity index (χ1) is 10.1. The summed E-state index contributed by atoms with van der Waals surface area (Å²) in [5.41, 5.74) is 7.32. The molecule has 1 amide bonds. The van der Waals surface area contributed by atoms with Gasteiger partial charge in [0, 0.05) is 17.4 Å². The zero-order chi connectivity index (χ0) is 14.8. The lowest BCUT2D eigenvalue weighted by Crippen LogP contribution is -2.14. The number of nitrogen functional groups attached to an aromatic ring is 1. The molecular weight excluding hydrogens is 264 g/mol. The minimum Gasteiger partial charge on any atom is -0.508 e. The molecule has 0 aliphatic rings. The second kappa shape index (κ2) is 5.17. The summed E-state index contributed by atoms with van der Waals surface area (Å²) in [6.07, 6.45) is 0. The quantitative estimate of drug-likeness (QED) is 0.629. The lowest BCUT2D eigenvalue weighted by Gasteiger charge is -2.09. The van der Waals surface area contributed by atoms with E-state index in [-0.39, 0.29) is 11.7 Å². The van der Waals surface area contributed by atoms with Crippen molar-refractivity contribution >= 4 is 28.1 Å². The molecule has 0 radical (unpaired) electrons. The molecule has 21 heavy (non-hydrogen) atoms. The fourth-order valence-corrected chi connectivity index (χ4v) is 2.24. The molecule has 0 saturated heterocycles. The van der Waals surface area contributed by atoms with Crippen molar-refractivity contribution in [3.63, 3.8) is 0 Å². The zero-order valence-corrected chi connectivity index (χ0v) is 11.2. The number of carbonyl (C=O) groups excluding carboxylic acids is 1. The van der Waals surface area contributed by atoms with Gasteiger partial charge in [-0.15, -0.1) is 0 Å². The molecule has 4 nitrogen and oxygen atoms in total. The Balaban J connectivity index is 1.96. The van der Waals surface area contributed by atoms with Crippen molar-refractivity contribution in [1.82, 2.24) is 0 Å². The maximum Gasteiger partial charge on any atom is 0.257 e.